The van der Waals surface area contributed by atoms with Gasteiger partial charge < -0.3 is 26.0 Å². The van der Waals surface area contributed by atoms with Crippen LogP contribution in [0.15, 0.2) is 73.3 Å². The maximum Gasteiger partial charge on any atom is 0.326 e. The van der Waals surface area contributed by atoms with Crippen molar-refractivity contribution in [2.24, 2.45) is 5.73 Å². The SMILES string of the molecule is CC(N)C(=O)NC(Cn1cncn1)C(=O)N1CC(c2ccccc2)CC1C(=O)N1CC(c2ccccc2)CC1C(=O)O. The molecule has 5 rings (SSSR count). The summed E-state index contributed by atoms with van der Waals surface area (Å²) in [6.07, 6.45) is 3.37. The fraction of sp³-hybridized carbons (Fsp3) is 0.400. The zero-order valence-electron chi connectivity index (χ0n) is 23.3. The molecular formula is C30H35N7O5. The summed E-state index contributed by atoms with van der Waals surface area (Å²) >= 11 is 0. The third-order valence-corrected chi connectivity index (χ3v) is 8.14. The number of carboxylic acid groups (broad SMARTS) is 1. The van der Waals surface area contributed by atoms with Crippen molar-refractivity contribution in [3.63, 3.8) is 0 Å². The molecule has 2 aliphatic rings. The number of carbonyl (C=O) groups is 4. The van der Waals surface area contributed by atoms with Crippen molar-refractivity contribution in [1.82, 2.24) is 29.9 Å². The van der Waals surface area contributed by atoms with Gasteiger partial charge in [-0.3, -0.25) is 19.1 Å². The molecule has 6 unspecified atom stereocenters. The lowest BCUT2D eigenvalue weighted by Crippen LogP contribution is -2.57. The summed E-state index contributed by atoms with van der Waals surface area (Å²) in [5.41, 5.74) is 7.72. The van der Waals surface area contributed by atoms with Gasteiger partial charge in [0.2, 0.25) is 17.7 Å². The monoisotopic (exact) mass is 573 g/mol. The van der Waals surface area contributed by atoms with Gasteiger partial charge in [-0.05, 0) is 30.9 Å². The summed E-state index contributed by atoms with van der Waals surface area (Å²) in [5.74, 6) is -2.78. The number of carbonyl (C=O) groups excluding carboxylic acids is 3. The van der Waals surface area contributed by atoms with Crippen LogP contribution in [0, 0.1) is 0 Å². The van der Waals surface area contributed by atoms with Crippen LogP contribution in [0.2, 0.25) is 0 Å². The molecule has 12 nitrogen and oxygen atoms in total. The number of aliphatic carboxylic acids is 1. The molecule has 2 saturated heterocycles. The van der Waals surface area contributed by atoms with Crippen molar-refractivity contribution in [2.45, 2.75) is 62.3 Å². The third kappa shape index (κ3) is 6.18. The summed E-state index contributed by atoms with van der Waals surface area (Å²) in [6, 6.07) is 15.3. The van der Waals surface area contributed by atoms with Crippen LogP contribution in [0.3, 0.4) is 0 Å². The quantitative estimate of drug-likeness (QED) is 0.341. The fourth-order valence-electron chi connectivity index (χ4n) is 5.95. The summed E-state index contributed by atoms with van der Waals surface area (Å²) in [4.78, 5) is 60.1. The van der Waals surface area contributed by atoms with Gasteiger partial charge in [0.05, 0.1) is 12.6 Å². The van der Waals surface area contributed by atoms with Gasteiger partial charge >= 0.3 is 5.97 Å². The highest BCUT2D eigenvalue weighted by atomic mass is 16.4. The zero-order valence-corrected chi connectivity index (χ0v) is 23.3. The second-order valence-electron chi connectivity index (χ2n) is 11.0. The molecule has 0 bridgehead atoms. The first-order valence-electron chi connectivity index (χ1n) is 14.0. The molecule has 0 radical (unpaired) electrons. The fourth-order valence-corrected chi connectivity index (χ4v) is 5.95. The Kier molecular flexibility index (Phi) is 8.62. The van der Waals surface area contributed by atoms with E-state index in [2.05, 4.69) is 15.4 Å². The first-order valence-corrected chi connectivity index (χ1v) is 14.0. The maximum atomic E-state index is 14.2. The molecule has 0 aliphatic carbocycles. The van der Waals surface area contributed by atoms with Crippen LogP contribution in [0.4, 0.5) is 0 Å². The number of nitrogens with zero attached hydrogens (tertiary/aromatic N) is 5. The highest BCUT2D eigenvalue weighted by Crippen LogP contribution is 2.37. The Morgan fingerprint density at radius 1 is 0.929 bits per heavy atom. The molecule has 2 fully saturated rings. The third-order valence-electron chi connectivity index (χ3n) is 8.14. The van der Waals surface area contributed by atoms with E-state index in [-0.39, 0.29) is 37.9 Å². The van der Waals surface area contributed by atoms with E-state index < -0.39 is 47.9 Å². The number of nitrogens with two attached hydrogens (primary N) is 1. The van der Waals surface area contributed by atoms with Crippen molar-refractivity contribution in [1.29, 1.82) is 0 Å². The molecule has 3 heterocycles. The number of likely N-dealkylation sites (tertiary alicyclic amines) is 2. The molecule has 6 atom stereocenters. The molecule has 220 valence electrons. The number of carboxylic acids is 1. The van der Waals surface area contributed by atoms with Gasteiger partial charge in [-0.25, -0.2) is 9.78 Å². The van der Waals surface area contributed by atoms with Gasteiger partial charge in [0.25, 0.3) is 0 Å². The molecule has 0 saturated carbocycles. The molecule has 42 heavy (non-hydrogen) atoms. The van der Waals surface area contributed by atoms with Crippen molar-refractivity contribution < 1.29 is 24.3 Å². The van der Waals surface area contributed by atoms with Crippen molar-refractivity contribution in [3.8, 4) is 0 Å². The predicted octanol–water partition coefficient (Wildman–Crippen LogP) is 0.964. The van der Waals surface area contributed by atoms with E-state index in [0.717, 1.165) is 11.1 Å². The minimum absolute atomic E-state index is 0.0117. The predicted molar refractivity (Wildman–Crippen MR) is 152 cm³/mol. The smallest absolute Gasteiger partial charge is 0.326 e. The average molecular weight is 574 g/mol. The van der Waals surface area contributed by atoms with Crippen molar-refractivity contribution in [2.75, 3.05) is 13.1 Å². The van der Waals surface area contributed by atoms with Gasteiger partial charge in [0, 0.05) is 24.9 Å². The second-order valence-corrected chi connectivity index (χ2v) is 11.0. The van der Waals surface area contributed by atoms with Crippen LogP contribution in [-0.2, 0) is 25.7 Å². The lowest BCUT2D eigenvalue weighted by molar-refractivity contribution is -0.152. The number of hydrogen-bond acceptors (Lipinski definition) is 7. The number of nitrogens with one attached hydrogen (secondary N) is 1. The lowest BCUT2D eigenvalue weighted by atomic mass is 9.96. The Morgan fingerprint density at radius 2 is 1.50 bits per heavy atom. The summed E-state index contributed by atoms with van der Waals surface area (Å²) < 4.78 is 1.43. The van der Waals surface area contributed by atoms with Crippen LogP contribution in [0.5, 0.6) is 0 Å². The largest absolute Gasteiger partial charge is 0.480 e. The van der Waals surface area contributed by atoms with Gasteiger partial charge in [-0.2, -0.15) is 5.10 Å². The Bertz CT molecular complexity index is 1400. The number of benzene rings is 2. The number of amides is 3. The van der Waals surface area contributed by atoms with Crippen LogP contribution < -0.4 is 11.1 Å². The first kappa shape index (κ1) is 28.9. The van der Waals surface area contributed by atoms with Crippen LogP contribution in [-0.4, -0.2) is 90.6 Å². The maximum absolute atomic E-state index is 14.2. The van der Waals surface area contributed by atoms with E-state index in [1.807, 2.05) is 60.7 Å². The minimum atomic E-state index is -1.08. The lowest BCUT2D eigenvalue weighted by Gasteiger charge is -2.32. The zero-order chi connectivity index (χ0) is 29.8. The first-order chi connectivity index (χ1) is 20.2. The molecule has 1 aromatic heterocycles. The molecule has 2 aromatic carbocycles. The molecule has 0 spiro atoms. The molecule has 4 N–H and O–H groups in total. The molecule has 3 aromatic rings. The molecular weight excluding hydrogens is 538 g/mol. The second kappa shape index (κ2) is 12.5. The number of hydrogen-bond donors (Lipinski definition) is 3. The molecule has 2 aliphatic heterocycles. The topological polar surface area (TPSA) is 164 Å². The Hall–Kier alpha value is -4.58. The van der Waals surface area contributed by atoms with E-state index in [1.54, 1.807) is 0 Å². The van der Waals surface area contributed by atoms with E-state index in [1.165, 1.54) is 34.1 Å². The summed E-state index contributed by atoms with van der Waals surface area (Å²) in [7, 11) is 0. The van der Waals surface area contributed by atoms with Crippen LogP contribution >= 0.6 is 0 Å². The summed E-state index contributed by atoms with van der Waals surface area (Å²) in [5, 5.41) is 16.9. The van der Waals surface area contributed by atoms with E-state index in [0.29, 0.717) is 6.42 Å². The molecule has 12 heteroatoms. The van der Waals surface area contributed by atoms with Crippen molar-refractivity contribution in [3.05, 3.63) is 84.4 Å². The van der Waals surface area contributed by atoms with Crippen LogP contribution in [0.1, 0.15) is 42.7 Å². The highest BCUT2D eigenvalue weighted by Gasteiger charge is 2.48. The van der Waals surface area contributed by atoms with Gasteiger partial charge in [-0.15, -0.1) is 0 Å². The number of aromatic nitrogens is 3. The number of rotatable bonds is 9. The Balaban J connectivity index is 1.45. The van der Waals surface area contributed by atoms with Crippen molar-refractivity contribution >= 4 is 23.7 Å². The molecule has 3 amide bonds. The van der Waals surface area contributed by atoms with E-state index in [9.17, 15) is 24.3 Å². The Labute approximate surface area is 243 Å². The van der Waals surface area contributed by atoms with E-state index >= 15 is 0 Å². The van der Waals surface area contributed by atoms with Gasteiger partial charge in [-0.1, -0.05) is 60.7 Å². The summed E-state index contributed by atoms with van der Waals surface area (Å²) in [6.45, 7) is 1.97. The average Bonchev–Trinajstić information content (AvgIpc) is 3.77. The highest BCUT2D eigenvalue weighted by molar-refractivity contribution is 5.95. The van der Waals surface area contributed by atoms with Gasteiger partial charge in [0.1, 0.15) is 30.8 Å². The minimum Gasteiger partial charge on any atom is -0.480 e. The van der Waals surface area contributed by atoms with Crippen LogP contribution in [0.25, 0.3) is 0 Å². The van der Waals surface area contributed by atoms with Gasteiger partial charge in [0.15, 0.2) is 0 Å². The standard InChI is InChI=1S/C30H35N7O5/c1-19(31)27(38)34-24(16-35-18-32-17-33-35)28(39)36-14-22(20-8-4-2-5-9-20)12-25(36)29(40)37-15-23(13-26(37)30(41)42)21-10-6-3-7-11-21/h2-11,17-19,22-26H,12-16,31H2,1H3,(H,34,38)(H,41,42). The van der Waals surface area contributed by atoms with E-state index in [4.69, 9.17) is 5.73 Å². The Morgan fingerprint density at radius 3 is 2.02 bits per heavy atom. The normalized spacial score (nSPS) is 23.4.